The number of hydrogen-bond acceptors (Lipinski definition) is 4. The summed E-state index contributed by atoms with van der Waals surface area (Å²) in [7, 11) is 0. The molecule has 0 amide bonds. The van der Waals surface area contributed by atoms with E-state index in [2.05, 4.69) is 0 Å². The first-order valence-electron chi connectivity index (χ1n) is 2.83. The first kappa shape index (κ1) is 14.5. The van der Waals surface area contributed by atoms with Crippen LogP contribution in [0.5, 0.6) is 0 Å². The molecule has 0 spiro atoms. The van der Waals surface area contributed by atoms with Crippen LogP contribution in [-0.4, -0.2) is 72.1 Å². The van der Waals surface area contributed by atoms with Crippen LogP contribution in [0.2, 0.25) is 0 Å². The quantitative estimate of drug-likeness (QED) is 0.428. The molecule has 62 valence electrons. The van der Waals surface area contributed by atoms with Gasteiger partial charge < -0.3 is 10.3 Å². The third kappa shape index (κ3) is 7.36. The Morgan fingerprint density at radius 2 is 2.27 bits per heavy atom. The molecule has 0 unspecified atom stereocenters. The largest absolute Gasteiger partial charge is 0.480 e. The maximum Gasteiger partial charge on any atom is 0.323 e. The minimum Gasteiger partial charge on any atom is -0.480 e. The first-order chi connectivity index (χ1) is 4.72. The van der Waals surface area contributed by atoms with E-state index in [-0.39, 0.29) is 37.7 Å². The summed E-state index contributed by atoms with van der Waals surface area (Å²) in [5, 5.41) is 16.7. The number of carbonyl (C=O) groups is 1. The van der Waals surface area contributed by atoms with Crippen LogP contribution >= 0.6 is 11.8 Å². The van der Waals surface area contributed by atoms with Gasteiger partial charge in [-0.15, -0.1) is 0 Å². The molecule has 0 aromatic carbocycles. The van der Waals surface area contributed by atoms with E-state index in [4.69, 9.17) is 10.3 Å². The molecule has 0 aliphatic carbocycles. The fourth-order valence-electron chi connectivity index (χ4n) is 0.479. The van der Waals surface area contributed by atoms with Crippen LogP contribution in [0.1, 0.15) is 6.42 Å². The van der Waals surface area contributed by atoms with Crippen molar-refractivity contribution in [2.45, 2.75) is 12.5 Å². The zero-order valence-corrected chi connectivity index (χ0v) is 9.43. The zero-order chi connectivity index (χ0) is 7.98. The van der Waals surface area contributed by atoms with Gasteiger partial charge in [0.2, 0.25) is 0 Å². The Hall–Kier alpha value is 1.000. The van der Waals surface area contributed by atoms with Gasteiger partial charge in [-0.3, -0.25) is 4.79 Å². The van der Waals surface area contributed by atoms with Gasteiger partial charge in [-0.05, 0) is 18.4 Å². The van der Waals surface area contributed by atoms with E-state index in [9.17, 15) is 4.79 Å². The summed E-state index contributed by atoms with van der Waals surface area (Å²) in [6.45, 7) is 0. The van der Waals surface area contributed by atoms with Gasteiger partial charge in [-0.2, -0.15) is 17.2 Å². The topological polar surface area (TPSA) is 69.6 Å². The van der Waals surface area contributed by atoms with Crippen LogP contribution in [0.25, 0.3) is 0 Å². The summed E-state index contributed by atoms with van der Waals surface area (Å²) in [6, 6.07) is -0.826. The molecule has 2 radical (unpaired) electrons. The molecule has 4 nitrogen and oxygen atoms in total. The summed E-state index contributed by atoms with van der Waals surface area (Å²) in [6.07, 6.45) is 2.32. The molecule has 0 heterocycles. The molecule has 0 saturated heterocycles. The molecule has 0 fully saturated rings. The Bertz CT molecular complexity index is 114. The Kier molecular flexibility index (Phi) is 12.0. The van der Waals surface area contributed by atoms with Crippen LogP contribution in [0.3, 0.4) is 0 Å². The average molecular weight is 205 g/mol. The normalized spacial score (nSPS) is 11.8. The van der Waals surface area contributed by atoms with Crippen molar-refractivity contribution in [3.8, 4) is 0 Å². The number of carboxylic acids is 1. The predicted molar refractivity (Wildman–Crippen MR) is 45.1 cm³/mol. The van der Waals surface area contributed by atoms with Gasteiger partial charge in [0.15, 0.2) is 0 Å². The van der Waals surface area contributed by atoms with E-state index in [1.165, 1.54) is 0 Å². The smallest absolute Gasteiger partial charge is 0.323 e. The molecule has 0 bridgehead atoms. The molecule has 0 aliphatic heterocycles. The van der Waals surface area contributed by atoms with Crippen molar-refractivity contribution in [1.82, 2.24) is 5.48 Å². The summed E-state index contributed by atoms with van der Waals surface area (Å²) in [4.78, 5) is 10.2. The second-order valence-electron chi connectivity index (χ2n) is 1.80. The fourth-order valence-corrected chi connectivity index (χ4v) is 0.950. The van der Waals surface area contributed by atoms with Gasteiger partial charge in [0, 0.05) is 37.7 Å². The Labute approximate surface area is 99.7 Å². The zero-order valence-electron chi connectivity index (χ0n) is 6.41. The molecule has 11 heavy (non-hydrogen) atoms. The van der Waals surface area contributed by atoms with E-state index in [0.717, 1.165) is 5.75 Å². The van der Waals surface area contributed by atoms with Crippen molar-refractivity contribution in [2.24, 2.45) is 0 Å². The van der Waals surface area contributed by atoms with Gasteiger partial charge in [-0.25, -0.2) is 0 Å². The molecule has 0 aromatic heterocycles. The molecule has 0 aliphatic rings. The number of nitrogens with one attached hydrogen (secondary N) is 1. The second-order valence-corrected chi connectivity index (χ2v) is 2.79. The summed E-state index contributed by atoms with van der Waals surface area (Å²) in [5.74, 6) is -0.290. The van der Waals surface area contributed by atoms with Crippen molar-refractivity contribution in [3.63, 3.8) is 0 Å². The van der Waals surface area contributed by atoms with Crippen LogP contribution in [0.15, 0.2) is 0 Å². The molecule has 1 atom stereocenters. The molecule has 0 rings (SSSR count). The average Bonchev–Trinajstić information content (AvgIpc) is 1.89. The van der Waals surface area contributed by atoms with Crippen molar-refractivity contribution in [1.29, 1.82) is 0 Å². The SMILES string of the molecule is CSCC[C@H](NO)C(=O)O.[Ca]. The minimum absolute atomic E-state index is 0. The van der Waals surface area contributed by atoms with Crippen LogP contribution < -0.4 is 5.48 Å². The van der Waals surface area contributed by atoms with E-state index in [0.29, 0.717) is 6.42 Å². The molecular weight excluding hydrogens is 194 g/mol. The number of rotatable bonds is 5. The van der Waals surface area contributed by atoms with Crippen molar-refractivity contribution in [3.05, 3.63) is 0 Å². The Morgan fingerprint density at radius 1 is 1.73 bits per heavy atom. The number of hydrogen-bond donors (Lipinski definition) is 3. The number of carboxylic acid groups (broad SMARTS) is 1. The summed E-state index contributed by atoms with van der Waals surface area (Å²) >= 11 is 1.55. The molecular formula is C5H11CaNO3S. The minimum atomic E-state index is -1.02. The van der Waals surface area contributed by atoms with Crippen LogP contribution in [0, 0.1) is 0 Å². The van der Waals surface area contributed by atoms with Gasteiger partial charge in [0.1, 0.15) is 6.04 Å². The van der Waals surface area contributed by atoms with Gasteiger partial charge in [0.25, 0.3) is 0 Å². The third-order valence-electron chi connectivity index (χ3n) is 1.06. The van der Waals surface area contributed by atoms with E-state index in [1.54, 1.807) is 17.2 Å². The first-order valence-corrected chi connectivity index (χ1v) is 4.23. The van der Waals surface area contributed by atoms with Crippen molar-refractivity contribution in [2.75, 3.05) is 12.0 Å². The van der Waals surface area contributed by atoms with E-state index < -0.39 is 12.0 Å². The number of thioether (sulfide) groups is 1. The Morgan fingerprint density at radius 3 is 2.55 bits per heavy atom. The van der Waals surface area contributed by atoms with Crippen molar-refractivity contribution < 1.29 is 15.1 Å². The Balaban J connectivity index is 0. The number of hydroxylamine groups is 1. The maximum atomic E-state index is 10.2. The summed E-state index contributed by atoms with van der Waals surface area (Å²) < 4.78 is 0. The van der Waals surface area contributed by atoms with Gasteiger partial charge >= 0.3 is 5.97 Å². The molecule has 0 saturated carbocycles. The predicted octanol–water partition coefficient (Wildman–Crippen LogP) is -0.209. The molecule has 3 N–H and O–H groups in total. The monoisotopic (exact) mass is 205 g/mol. The van der Waals surface area contributed by atoms with E-state index in [1.807, 2.05) is 6.26 Å². The standard InChI is InChI=1S/C5H11NO3S.Ca/c1-10-3-2-4(6-9)5(7)8;/h4,6,9H,2-3H2,1H3,(H,7,8);/t4-;/m0./s1. The van der Waals surface area contributed by atoms with Gasteiger partial charge in [-0.1, -0.05) is 0 Å². The third-order valence-corrected chi connectivity index (χ3v) is 1.71. The summed E-state index contributed by atoms with van der Waals surface area (Å²) in [5.41, 5.74) is 1.72. The number of aliphatic carboxylic acids is 1. The van der Waals surface area contributed by atoms with E-state index >= 15 is 0 Å². The maximum absolute atomic E-state index is 10.2. The molecule has 6 heteroatoms. The van der Waals surface area contributed by atoms with Gasteiger partial charge in [0.05, 0.1) is 0 Å². The fraction of sp³-hybridized carbons (Fsp3) is 0.800. The van der Waals surface area contributed by atoms with Crippen LogP contribution in [-0.2, 0) is 4.79 Å². The van der Waals surface area contributed by atoms with Crippen molar-refractivity contribution >= 4 is 55.5 Å². The second kappa shape index (κ2) is 9.09. The van der Waals surface area contributed by atoms with Crippen LogP contribution in [0.4, 0.5) is 0 Å². The molecule has 0 aromatic rings.